The monoisotopic (exact) mass is 396 g/mol. The molecule has 0 aliphatic rings. The number of aromatic nitrogens is 3. The van der Waals surface area contributed by atoms with Gasteiger partial charge in [0, 0.05) is 33.0 Å². The van der Waals surface area contributed by atoms with E-state index in [9.17, 15) is 0 Å². The quantitative estimate of drug-likeness (QED) is 0.491. The molecule has 6 heteroatoms. The standard InChI is InChI=1S/C18H13BrN4S/c1-11-9-15-17(21-14-6-4-13(19)5-7-14)22-16(23-18(15)24-11)12-3-2-8-20-10-12/h2-10H,1H3,(H,21,22,23). The molecule has 0 radical (unpaired) electrons. The molecule has 4 aromatic rings. The van der Waals surface area contributed by atoms with Gasteiger partial charge in [0.25, 0.3) is 0 Å². The fraction of sp³-hybridized carbons (Fsp3) is 0.0556. The van der Waals surface area contributed by atoms with Crippen LogP contribution in [-0.2, 0) is 0 Å². The van der Waals surface area contributed by atoms with E-state index in [2.05, 4.69) is 39.2 Å². The number of fused-ring (bicyclic) bond motifs is 1. The normalized spacial score (nSPS) is 10.9. The lowest BCUT2D eigenvalue weighted by molar-refractivity contribution is 1.21. The Morgan fingerprint density at radius 3 is 2.67 bits per heavy atom. The molecule has 0 aliphatic carbocycles. The van der Waals surface area contributed by atoms with Gasteiger partial charge in [-0.1, -0.05) is 15.9 Å². The highest BCUT2D eigenvalue weighted by Gasteiger charge is 2.12. The Hall–Kier alpha value is -2.31. The van der Waals surface area contributed by atoms with E-state index in [-0.39, 0.29) is 0 Å². The van der Waals surface area contributed by atoms with Gasteiger partial charge in [-0.25, -0.2) is 9.97 Å². The van der Waals surface area contributed by atoms with Crippen LogP contribution < -0.4 is 5.32 Å². The molecular formula is C18H13BrN4S. The molecule has 1 N–H and O–H groups in total. The minimum atomic E-state index is 0.678. The lowest BCUT2D eigenvalue weighted by Crippen LogP contribution is -1.98. The lowest BCUT2D eigenvalue weighted by Gasteiger charge is -2.09. The van der Waals surface area contributed by atoms with Crippen molar-refractivity contribution in [2.75, 3.05) is 5.32 Å². The van der Waals surface area contributed by atoms with Crippen LogP contribution in [0.1, 0.15) is 4.88 Å². The van der Waals surface area contributed by atoms with Gasteiger partial charge in [0.1, 0.15) is 10.6 Å². The van der Waals surface area contributed by atoms with E-state index in [4.69, 9.17) is 9.97 Å². The molecule has 0 fully saturated rings. The number of anilines is 2. The van der Waals surface area contributed by atoms with Gasteiger partial charge in [-0.2, -0.15) is 0 Å². The summed E-state index contributed by atoms with van der Waals surface area (Å²) in [6.07, 6.45) is 3.53. The summed E-state index contributed by atoms with van der Waals surface area (Å²) in [6, 6.07) is 14.0. The molecule has 0 amide bonds. The van der Waals surface area contributed by atoms with Crippen LogP contribution in [0, 0.1) is 6.92 Å². The van der Waals surface area contributed by atoms with Crippen LogP contribution in [0.4, 0.5) is 11.5 Å². The number of halogens is 1. The molecule has 0 spiro atoms. The number of hydrogen-bond acceptors (Lipinski definition) is 5. The van der Waals surface area contributed by atoms with Crippen LogP contribution in [0.25, 0.3) is 21.6 Å². The topological polar surface area (TPSA) is 50.7 Å². The first kappa shape index (κ1) is 15.2. The van der Waals surface area contributed by atoms with Crippen molar-refractivity contribution >= 4 is 49.0 Å². The summed E-state index contributed by atoms with van der Waals surface area (Å²) >= 11 is 5.13. The Kier molecular flexibility index (Phi) is 4.00. The van der Waals surface area contributed by atoms with Crippen molar-refractivity contribution in [2.45, 2.75) is 6.92 Å². The summed E-state index contributed by atoms with van der Waals surface area (Å²) in [5.41, 5.74) is 1.89. The number of nitrogens with one attached hydrogen (secondary N) is 1. The molecule has 0 aliphatic heterocycles. The number of hydrogen-bond donors (Lipinski definition) is 1. The van der Waals surface area contributed by atoms with Gasteiger partial charge in [0.2, 0.25) is 0 Å². The predicted octanol–water partition coefficient (Wildman–Crippen LogP) is 5.57. The number of benzene rings is 1. The molecule has 24 heavy (non-hydrogen) atoms. The van der Waals surface area contributed by atoms with Crippen LogP contribution in [-0.4, -0.2) is 15.0 Å². The summed E-state index contributed by atoms with van der Waals surface area (Å²) in [7, 11) is 0. The fourth-order valence-electron chi connectivity index (χ4n) is 2.43. The summed E-state index contributed by atoms with van der Waals surface area (Å²) in [4.78, 5) is 15.8. The average molecular weight is 397 g/mol. The summed E-state index contributed by atoms with van der Waals surface area (Å²) in [5, 5.41) is 4.45. The number of aryl methyl sites for hydroxylation is 1. The van der Waals surface area contributed by atoms with Crippen LogP contribution >= 0.6 is 27.3 Å². The second-order valence-electron chi connectivity index (χ2n) is 5.35. The number of nitrogens with zero attached hydrogens (tertiary/aromatic N) is 3. The molecule has 4 nitrogen and oxygen atoms in total. The Morgan fingerprint density at radius 2 is 1.92 bits per heavy atom. The molecular weight excluding hydrogens is 384 g/mol. The Morgan fingerprint density at radius 1 is 1.08 bits per heavy atom. The SMILES string of the molecule is Cc1cc2c(Nc3ccc(Br)cc3)nc(-c3cccnc3)nc2s1. The molecule has 3 heterocycles. The number of rotatable bonds is 3. The lowest BCUT2D eigenvalue weighted by atomic mass is 10.2. The second kappa shape index (κ2) is 6.30. The molecule has 0 saturated carbocycles. The highest BCUT2D eigenvalue weighted by Crippen LogP contribution is 2.32. The van der Waals surface area contributed by atoms with Crippen LogP contribution in [0.3, 0.4) is 0 Å². The van der Waals surface area contributed by atoms with E-state index in [1.54, 1.807) is 23.7 Å². The van der Waals surface area contributed by atoms with Crippen LogP contribution in [0.15, 0.2) is 59.3 Å². The summed E-state index contributed by atoms with van der Waals surface area (Å²) in [5.74, 6) is 1.49. The average Bonchev–Trinajstić information content (AvgIpc) is 2.98. The molecule has 0 unspecified atom stereocenters. The minimum Gasteiger partial charge on any atom is -0.340 e. The van der Waals surface area contributed by atoms with Crippen molar-refractivity contribution in [3.63, 3.8) is 0 Å². The zero-order chi connectivity index (χ0) is 16.5. The third-order valence-corrected chi connectivity index (χ3v) is 5.02. The van der Waals surface area contributed by atoms with E-state index in [0.717, 1.165) is 31.8 Å². The zero-order valence-corrected chi connectivity index (χ0v) is 15.2. The van der Waals surface area contributed by atoms with Gasteiger partial charge in [0.05, 0.1) is 5.39 Å². The zero-order valence-electron chi connectivity index (χ0n) is 12.8. The molecule has 0 saturated heterocycles. The first-order valence-electron chi connectivity index (χ1n) is 7.40. The van der Waals surface area contributed by atoms with E-state index < -0.39 is 0 Å². The van der Waals surface area contributed by atoms with E-state index >= 15 is 0 Å². The largest absolute Gasteiger partial charge is 0.340 e. The third kappa shape index (κ3) is 3.02. The van der Waals surface area contributed by atoms with Gasteiger partial charge < -0.3 is 5.32 Å². The molecule has 118 valence electrons. The molecule has 3 aromatic heterocycles. The Labute approximate surface area is 151 Å². The second-order valence-corrected chi connectivity index (χ2v) is 7.50. The maximum absolute atomic E-state index is 4.73. The van der Waals surface area contributed by atoms with Gasteiger partial charge >= 0.3 is 0 Å². The van der Waals surface area contributed by atoms with Crippen LogP contribution in [0.5, 0.6) is 0 Å². The van der Waals surface area contributed by atoms with Crippen molar-refractivity contribution in [2.24, 2.45) is 0 Å². The predicted molar refractivity (Wildman–Crippen MR) is 103 cm³/mol. The molecule has 4 rings (SSSR count). The van der Waals surface area contributed by atoms with Crippen LogP contribution in [0.2, 0.25) is 0 Å². The Balaban J connectivity index is 1.84. The van der Waals surface area contributed by atoms with Crippen molar-refractivity contribution in [3.8, 4) is 11.4 Å². The number of pyridine rings is 1. The van der Waals surface area contributed by atoms with Gasteiger partial charge in [0.15, 0.2) is 5.82 Å². The van der Waals surface area contributed by atoms with E-state index in [1.165, 1.54) is 4.88 Å². The first-order valence-corrected chi connectivity index (χ1v) is 9.01. The van der Waals surface area contributed by atoms with Crippen molar-refractivity contribution in [3.05, 3.63) is 64.2 Å². The van der Waals surface area contributed by atoms with Gasteiger partial charge in [-0.3, -0.25) is 4.98 Å². The van der Waals surface area contributed by atoms with Crippen molar-refractivity contribution in [1.82, 2.24) is 15.0 Å². The highest BCUT2D eigenvalue weighted by molar-refractivity contribution is 9.10. The van der Waals surface area contributed by atoms with Gasteiger partial charge in [-0.15, -0.1) is 11.3 Å². The number of thiophene rings is 1. The summed E-state index contributed by atoms with van der Waals surface area (Å²) in [6.45, 7) is 2.08. The minimum absolute atomic E-state index is 0.678. The smallest absolute Gasteiger partial charge is 0.164 e. The fourth-order valence-corrected chi connectivity index (χ4v) is 3.58. The van der Waals surface area contributed by atoms with Crippen molar-refractivity contribution in [1.29, 1.82) is 0 Å². The highest BCUT2D eigenvalue weighted by atomic mass is 79.9. The maximum atomic E-state index is 4.73. The van der Waals surface area contributed by atoms with Crippen molar-refractivity contribution < 1.29 is 0 Å². The maximum Gasteiger partial charge on any atom is 0.164 e. The molecule has 0 atom stereocenters. The first-order chi connectivity index (χ1) is 11.7. The molecule has 1 aromatic carbocycles. The summed E-state index contributed by atoms with van der Waals surface area (Å²) < 4.78 is 1.04. The third-order valence-electron chi connectivity index (χ3n) is 3.54. The van der Waals surface area contributed by atoms with E-state index in [0.29, 0.717) is 5.82 Å². The Bertz CT molecular complexity index is 997. The molecule has 0 bridgehead atoms. The van der Waals surface area contributed by atoms with E-state index in [1.807, 2.05) is 36.4 Å². The van der Waals surface area contributed by atoms with Gasteiger partial charge in [-0.05, 0) is 49.4 Å².